The van der Waals surface area contributed by atoms with Gasteiger partial charge in [0.1, 0.15) is 0 Å². The first kappa shape index (κ1) is 14.4. The molecule has 0 atom stereocenters. The SMILES string of the molecule is CCNS(=O)(=O)c1ccc2c(c1)N(C(C)=O)CCS2. The van der Waals surface area contributed by atoms with E-state index in [0.717, 1.165) is 10.6 Å². The summed E-state index contributed by atoms with van der Waals surface area (Å²) in [5.41, 5.74) is 0.683. The van der Waals surface area contributed by atoms with E-state index < -0.39 is 10.0 Å². The number of benzene rings is 1. The molecule has 0 fully saturated rings. The number of sulfonamides is 1. The van der Waals surface area contributed by atoms with Gasteiger partial charge in [0, 0.05) is 30.7 Å². The highest BCUT2D eigenvalue weighted by molar-refractivity contribution is 7.99. The van der Waals surface area contributed by atoms with Gasteiger partial charge in [0.05, 0.1) is 10.6 Å². The Morgan fingerprint density at radius 3 is 2.84 bits per heavy atom. The minimum absolute atomic E-state index is 0.0699. The molecule has 1 aromatic carbocycles. The highest BCUT2D eigenvalue weighted by atomic mass is 32.2. The van der Waals surface area contributed by atoms with Crippen molar-refractivity contribution in [3.63, 3.8) is 0 Å². The van der Waals surface area contributed by atoms with E-state index in [9.17, 15) is 13.2 Å². The fourth-order valence-corrected chi connectivity index (χ4v) is 4.00. The lowest BCUT2D eigenvalue weighted by Crippen LogP contribution is -2.33. The molecule has 0 unspecified atom stereocenters. The van der Waals surface area contributed by atoms with Gasteiger partial charge in [-0.05, 0) is 18.2 Å². The lowest BCUT2D eigenvalue weighted by Gasteiger charge is -2.28. The van der Waals surface area contributed by atoms with Crippen molar-refractivity contribution in [2.45, 2.75) is 23.6 Å². The zero-order chi connectivity index (χ0) is 14.0. The molecule has 5 nitrogen and oxygen atoms in total. The standard InChI is InChI=1S/C12H16N2O3S2/c1-3-13-19(16,17)10-4-5-12-11(8-10)14(9(2)15)6-7-18-12/h4-5,8,13H,3,6-7H2,1-2H3. The second kappa shape index (κ2) is 5.52. The molecule has 19 heavy (non-hydrogen) atoms. The zero-order valence-corrected chi connectivity index (χ0v) is 12.5. The van der Waals surface area contributed by atoms with Gasteiger partial charge in [-0.2, -0.15) is 0 Å². The topological polar surface area (TPSA) is 66.5 Å². The smallest absolute Gasteiger partial charge is 0.240 e. The Labute approximate surface area is 117 Å². The van der Waals surface area contributed by atoms with Gasteiger partial charge in [0.25, 0.3) is 0 Å². The summed E-state index contributed by atoms with van der Waals surface area (Å²) in [6.07, 6.45) is 0. The van der Waals surface area contributed by atoms with E-state index in [0.29, 0.717) is 18.8 Å². The summed E-state index contributed by atoms with van der Waals surface area (Å²) in [4.78, 5) is 14.4. The van der Waals surface area contributed by atoms with Crippen LogP contribution >= 0.6 is 11.8 Å². The minimum Gasteiger partial charge on any atom is -0.311 e. The minimum atomic E-state index is -3.49. The first-order valence-electron chi connectivity index (χ1n) is 6.00. The van der Waals surface area contributed by atoms with Crippen LogP contribution in [0.5, 0.6) is 0 Å². The third-order valence-electron chi connectivity index (χ3n) is 2.82. The molecule has 0 radical (unpaired) electrons. The van der Waals surface area contributed by atoms with Gasteiger partial charge in [-0.1, -0.05) is 6.92 Å². The van der Waals surface area contributed by atoms with Crippen molar-refractivity contribution in [3.8, 4) is 0 Å². The summed E-state index contributed by atoms with van der Waals surface area (Å²) in [6, 6.07) is 4.91. The van der Waals surface area contributed by atoms with Crippen LogP contribution in [0.1, 0.15) is 13.8 Å². The van der Waals surface area contributed by atoms with Crippen LogP contribution in [0.2, 0.25) is 0 Å². The molecule has 1 aromatic rings. The van der Waals surface area contributed by atoms with Crippen LogP contribution in [0.3, 0.4) is 0 Å². The van der Waals surface area contributed by atoms with Crippen LogP contribution in [0.4, 0.5) is 5.69 Å². The van der Waals surface area contributed by atoms with Crippen molar-refractivity contribution < 1.29 is 13.2 Å². The van der Waals surface area contributed by atoms with Crippen molar-refractivity contribution in [1.82, 2.24) is 4.72 Å². The number of carbonyl (C=O) groups excluding carboxylic acids is 1. The predicted octanol–water partition coefficient (Wildman–Crippen LogP) is 1.44. The van der Waals surface area contributed by atoms with Crippen LogP contribution < -0.4 is 9.62 Å². The van der Waals surface area contributed by atoms with E-state index in [1.165, 1.54) is 6.92 Å². The number of thioether (sulfide) groups is 1. The summed E-state index contributed by atoms with van der Waals surface area (Å²) in [6.45, 7) is 4.17. The van der Waals surface area contributed by atoms with E-state index in [1.807, 2.05) is 0 Å². The van der Waals surface area contributed by atoms with Crippen molar-refractivity contribution in [1.29, 1.82) is 0 Å². The lowest BCUT2D eigenvalue weighted by molar-refractivity contribution is -0.116. The van der Waals surface area contributed by atoms with E-state index >= 15 is 0 Å². The van der Waals surface area contributed by atoms with Crippen molar-refractivity contribution in [2.75, 3.05) is 23.7 Å². The lowest BCUT2D eigenvalue weighted by atomic mass is 10.2. The Kier molecular flexibility index (Phi) is 4.17. The predicted molar refractivity (Wildman–Crippen MR) is 76.1 cm³/mol. The number of hydrogen-bond donors (Lipinski definition) is 1. The molecule has 0 bridgehead atoms. The van der Waals surface area contributed by atoms with Gasteiger partial charge in [0.15, 0.2) is 0 Å². The van der Waals surface area contributed by atoms with E-state index in [1.54, 1.807) is 41.8 Å². The molecule has 1 amide bonds. The summed E-state index contributed by atoms with van der Waals surface area (Å²) >= 11 is 1.63. The maximum absolute atomic E-state index is 12.0. The number of amides is 1. The highest BCUT2D eigenvalue weighted by Gasteiger charge is 2.23. The Morgan fingerprint density at radius 2 is 2.21 bits per heavy atom. The Hall–Kier alpha value is -1.05. The number of nitrogens with zero attached hydrogens (tertiary/aromatic N) is 1. The molecule has 0 aromatic heterocycles. The summed E-state index contributed by atoms with van der Waals surface area (Å²) in [5, 5.41) is 0. The fourth-order valence-electron chi connectivity index (χ4n) is 1.97. The third-order valence-corrected chi connectivity index (χ3v) is 5.40. The second-order valence-electron chi connectivity index (χ2n) is 4.15. The molecule has 1 aliphatic heterocycles. The molecule has 1 N–H and O–H groups in total. The fraction of sp³-hybridized carbons (Fsp3) is 0.417. The zero-order valence-electron chi connectivity index (χ0n) is 10.8. The molecule has 104 valence electrons. The van der Waals surface area contributed by atoms with E-state index in [-0.39, 0.29) is 10.8 Å². The maximum atomic E-state index is 12.0. The number of carbonyl (C=O) groups is 1. The first-order valence-corrected chi connectivity index (χ1v) is 8.47. The van der Waals surface area contributed by atoms with Crippen LogP contribution in [0.25, 0.3) is 0 Å². The third kappa shape index (κ3) is 2.93. The summed E-state index contributed by atoms with van der Waals surface area (Å²) < 4.78 is 26.4. The van der Waals surface area contributed by atoms with Gasteiger partial charge in [-0.25, -0.2) is 13.1 Å². The van der Waals surface area contributed by atoms with E-state index in [2.05, 4.69) is 4.72 Å². The normalized spacial score (nSPS) is 15.2. The highest BCUT2D eigenvalue weighted by Crippen LogP contribution is 2.36. The summed E-state index contributed by atoms with van der Waals surface area (Å²) in [7, 11) is -3.49. The number of nitrogens with one attached hydrogen (secondary N) is 1. The van der Waals surface area contributed by atoms with E-state index in [4.69, 9.17) is 0 Å². The Bertz CT molecular complexity index is 599. The average molecular weight is 300 g/mol. The quantitative estimate of drug-likeness (QED) is 0.917. The number of fused-ring (bicyclic) bond motifs is 1. The number of hydrogen-bond acceptors (Lipinski definition) is 4. The maximum Gasteiger partial charge on any atom is 0.240 e. The number of anilines is 1. The van der Waals surface area contributed by atoms with Crippen LogP contribution in [0.15, 0.2) is 28.0 Å². The molecule has 1 aliphatic rings. The van der Waals surface area contributed by atoms with Crippen LogP contribution in [-0.4, -0.2) is 33.2 Å². The van der Waals surface area contributed by atoms with Gasteiger partial charge < -0.3 is 4.90 Å². The Balaban J connectivity index is 2.47. The largest absolute Gasteiger partial charge is 0.311 e. The van der Waals surface area contributed by atoms with Crippen LogP contribution in [-0.2, 0) is 14.8 Å². The number of rotatable bonds is 3. The monoisotopic (exact) mass is 300 g/mol. The van der Waals surface area contributed by atoms with Gasteiger partial charge in [-0.15, -0.1) is 11.8 Å². The Morgan fingerprint density at radius 1 is 1.47 bits per heavy atom. The van der Waals surface area contributed by atoms with Gasteiger partial charge in [0.2, 0.25) is 15.9 Å². The van der Waals surface area contributed by atoms with Gasteiger partial charge in [-0.3, -0.25) is 4.79 Å². The summed E-state index contributed by atoms with van der Waals surface area (Å²) in [5.74, 6) is 0.755. The van der Waals surface area contributed by atoms with Gasteiger partial charge >= 0.3 is 0 Å². The molecule has 0 aliphatic carbocycles. The molecule has 0 saturated heterocycles. The first-order chi connectivity index (χ1) is 8.95. The molecule has 0 saturated carbocycles. The molecule has 7 heteroatoms. The van der Waals surface area contributed by atoms with Crippen molar-refractivity contribution >= 4 is 33.4 Å². The molecule has 0 spiro atoms. The average Bonchev–Trinajstić information content (AvgIpc) is 2.37. The van der Waals surface area contributed by atoms with Crippen molar-refractivity contribution in [3.05, 3.63) is 18.2 Å². The van der Waals surface area contributed by atoms with Crippen LogP contribution in [0, 0.1) is 0 Å². The molecule has 2 rings (SSSR count). The second-order valence-corrected chi connectivity index (χ2v) is 7.05. The van der Waals surface area contributed by atoms with Crippen molar-refractivity contribution in [2.24, 2.45) is 0 Å². The molecular formula is C12H16N2O3S2. The molecular weight excluding hydrogens is 284 g/mol. The molecule has 1 heterocycles.